The van der Waals surface area contributed by atoms with Gasteiger partial charge in [-0.15, -0.1) is 0 Å². The maximum atomic E-state index is 11.9. The number of nitrogens with one attached hydrogen (secondary N) is 1. The number of hydrogen-bond donors (Lipinski definition) is 3. The van der Waals surface area contributed by atoms with E-state index in [-0.39, 0.29) is 0 Å². The zero-order valence-electron chi connectivity index (χ0n) is 9.94. The zero-order chi connectivity index (χ0) is 13.7. The summed E-state index contributed by atoms with van der Waals surface area (Å²) >= 11 is 3.23. The molecule has 5 nitrogen and oxygen atoms in total. The van der Waals surface area contributed by atoms with Crippen molar-refractivity contribution in [1.29, 1.82) is 0 Å². The second-order valence-corrected chi connectivity index (χ2v) is 4.74. The number of carbonyl (C=O) groups is 2. The van der Waals surface area contributed by atoms with Gasteiger partial charge in [0.15, 0.2) is 0 Å². The van der Waals surface area contributed by atoms with E-state index in [9.17, 15) is 9.59 Å². The molecule has 1 aromatic carbocycles. The molecule has 0 unspecified atom stereocenters. The first-order chi connectivity index (χ1) is 8.45. The van der Waals surface area contributed by atoms with Crippen LogP contribution >= 0.6 is 15.9 Å². The van der Waals surface area contributed by atoms with E-state index in [4.69, 9.17) is 10.8 Å². The predicted octanol–water partition coefficient (Wildman–Crippen LogP) is 2.01. The van der Waals surface area contributed by atoms with Crippen molar-refractivity contribution in [2.75, 3.05) is 5.73 Å². The molecular formula is C12H15BrN2O3. The van der Waals surface area contributed by atoms with Gasteiger partial charge in [-0.2, -0.15) is 0 Å². The van der Waals surface area contributed by atoms with Crippen LogP contribution in [0.4, 0.5) is 5.69 Å². The Balaban J connectivity index is 2.80. The molecule has 6 heteroatoms. The van der Waals surface area contributed by atoms with Crippen LogP contribution in [0.3, 0.4) is 0 Å². The molecule has 0 fully saturated rings. The predicted molar refractivity (Wildman–Crippen MR) is 72.4 cm³/mol. The SMILES string of the molecule is CCC[C@H](NC(=O)c1ccc(Br)c(N)c1)C(=O)O. The minimum atomic E-state index is -1.03. The molecule has 0 saturated carbocycles. The number of nitrogens with two attached hydrogens (primary N) is 1. The summed E-state index contributed by atoms with van der Waals surface area (Å²) in [4.78, 5) is 22.8. The summed E-state index contributed by atoms with van der Waals surface area (Å²) in [5, 5.41) is 11.4. The van der Waals surface area contributed by atoms with E-state index in [0.717, 1.165) is 0 Å². The molecule has 1 aromatic rings. The van der Waals surface area contributed by atoms with Crippen molar-refractivity contribution in [2.24, 2.45) is 0 Å². The molecule has 0 radical (unpaired) electrons. The summed E-state index contributed by atoms with van der Waals surface area (Å²) in [5.74, 6) is -1.47. The van der Waals surface area contributed by atoms with Crippen LogP contribution in [0.1, 0.15) is 30.1 Å². The van der Waals surface area contributed by atoms with Gasteiger partial charge in [0.05, 0.1) is 0 Å². The quantitative estimate of drug-likeness (QED) is 0.725. The molecule has 0 aromatic heterocycles. The van der Waals surface area contributed by atoms with Crippen molar-refractivity contribution < 1.29 is 14.7 Å². The Kier molecular flexibility index (Phi) is 5.15. The van der Waals surface area contributed by atoms with Crippen LogP contribution in [0.2, 0.25) is 0 Å². The Morgan fingerprint density at radius 3 is 2.67 bits per heavy atom. The summed E-state index contributed by atoms with van der Waals surface area (Å²) < 4.78 is 0.697. The third kappa shape index (κ3) is 3.73. The molecule has 1 amide bonds. The number of nitrogen functional groups attached to an aromatic ring is 1. The zero-order valence-corrected chi connectivity index (χ0v) is 11.5. The van der Waals surface area contributed by atoms with Gasteiger partial charge in [-0.3, -0.25) is 4.79 Å². The van der Waals surface area contributed by atoms with Crippen LogP contribution < -0.4 is 11.1 Å². The Labute approximate surface area is 113 Å². The molecule has 0 aliphatic carbocycles. The molecule has 0 spiro atoms. The second kappa shape index (κ2) is 6.39. The van der Waals surface area contributed by atoms with Gasteiger partial charge >= 0.3 is 5.97 Å². The van der Waals surface area contributed by atoms with Gasteiger partial charge < -0.3 is 16.2 Å². The highest BCUT2D eigenvalue weighted by molar-refractivity contribution is 9.10. The van der Waals surface area contributed by atoms with Crippen LogP contribution in [-0.2, 0) is 4.79 Å². The number of carboxylic acids is 1. The largest absolute Gasteiger partial charge is 0.480 e. The molecule has 0 heterocycles. The number of halogens is 1. The first-order valence-corrected chi connectivity index (χ1v) is 6.33. The maximum Gasteiger partial charge on any atom is 0.326 e. The van der Waals surface area contributed by atoms with Crippen LogP contribution in [-0.4, -0.2) is 23.0 Å². The minimum absolute atomic E-state index is 0.345. The van der Waals surface area contributed by atoms with Crippen molar-refractivity contribution in [3.63, 3.8) is 0 Å². The summed E-state index contributed by atoms with van der Waals surface area (Å²) in [6, 6.07) is 3.87. The van der Waals surface area contributed by atoms with Crippen molar-refractivity contribution >= 4 is 33.5 Å². The number of carboxylic acid groups (broad SMARTS) is 1. The Morgan fingerprint density at radius 2 is 2.17 bits per heavy atom. The standard InChI is InChI=1S/C12H15BrN2O3/c1-2-3-10(12(17)18)15-11(16)7-4-5-8(13)9(14)6-7/h4-6,10H,2-3,14H2,1H3,(H,15,16)(H,17,18)/t10-/m0/s1. The molecule has 18 heavy (non-hydrogen) atoms. The molecule has 98 valence electrons. The first-order valence-electron chi connectivity index (χ1n) is 5.54. The minimum Gasteiger partial charge on any atom is -0.480 e. The Morgan fingerprint density at radius 1 is 1.50 bits per heavy atom. The molecular weight excluding hydrogens is 300 g/mol. The number of aliphatic carboxylic acids is 1. The lowest BCUT2D eigenvalue weighted by Crippen LogP contribution is -2.40. The van der Waals surface area contributed by atoms with E-state index in [1.54, 1.807) is 12.1 Å². The number of anilines is 1. The number of rotatable bonds is 5. The third-order valence-electron chi connectivity index (χ3n) is 2.44. The van der Waals surface area contributed by atoms with E-state index < -0.39 is 17.9 Å². The van der Waals surface area contributed by atoms with Gasteiger partial charge in [0.2, 0.25) is 0 Å². The number of amides is 1. The van der Waals surface area contributed by atoms with Crippen molar-refractivity contribution in [2.45, 2.75) is 25.8 Å². The van der Waals surface area contributed by atoms with Gasteiger partial charge in [0.1, 0.15) is 6.04 Å². The van der Waals surface area contributed by atoms with E-state index >= 15 is 0 Å². The topological polar surface area (TPSA) is 92.4 Å². The fourth-order valence-corrected chi connectivity index (χ4v) is 1.72. The van der Waals surface area contributed by atoms with Gasteiger partial charge in [-0.05, 0) is 40.5 Å². The van der Waals surface area contributed by atoms with Crippen molar-refractivity contribution in [1.82, 2.24) is 5.32 Å². The maximum absolute atomic E-state index is 11.9. The van der Waals surface area contributed by atoms with Gasteiger partial charge in [-0.25, -0.2) is 4.79 Å². The normalized spacial score (nSPS) is 11.9. The van der Waals surface area contributed by atoms with Gasteiger partial charge in [0, 0.05) is 15.7 Å². The fraction of sp³-hybridized carbons (Fsp3) is 0.333. The Bertz CT molecular complexity index is 463. The monoisotopic (exact) mass is 314 g/mol. The first kappa shape index (κ1) is 14.5. The Hall–Kier alpha value is -1.56. The van der Waals surface area contributed by atoms with Gasteiger partial charge in [-0.1, -0.05) is 13.3 Å². The van der Waals surface area contributed by atoms with E-state index in [2.05, 4.69) is 21.2 Å². The number of carbonyl (C=O) groups excluding carboxylic acids is 1. The second-order valence-electron chi connectivity index (χ2n) is 3.89. The lowest BCUT2D eigenvalue weighted by atomic mass is 10.1. The fourth-order valence-electron chi connectivity index (χ4n) is 1.47. The number of hydrogen-bond acceptors (Lipinski definition) is 3. The average Bonchev–Trinajstić information content (AvgIpc) is 2.31. The van der Waals surface area contributed by atoms with Gasteiger partial charge in [0.25, 0.3) is 5.91 Å². The molecule has 0 aliphatic heterocycles. The lowest BCUT2D eigenvalue weighted by Gasteiger charge is -2.13. The molecule has 1 atom stereocenters. The van der Waals surface area contributed by atoms with Crippen LogP contribution in [0.15, 0.2) is 22.7 Å². The lowest BCUT2D eigenvalue weighted by molar-refractivity contribution is -0.139. The van der Waals surface area contributed by atoms with E-state index in [0.29, 0.717) is 28.6 Å². The third-order valence-corrected chi connectivity index (χ3v) is 3.16. The molecule has 1 rings (SSSR count). The highest BCUT2D eigenvalue weighted by Crippen LogP contribution is 2.20. The smallest absolute Gasteiger partial charge is 0.326 e. The van der Waals surface area contributed by atoms with Crippen molar-refractivity contribution in [3.05, 3.63) is 28.2 Å². The van der Waals surface area contributed by atoms with Crippen LogP contribution in [0.5, 0.6) is 0 Å². The molecule has 0 saturated heterocycles. The summed E-state index contributed by atoms with van der Waals surface area (Å²) in [5.41, 5.74) is 6.45. The molecule has 0 aliphatic rings. The van der Waals surface area contributed by atoms with Crippen molar-refractivity contribution in [3.8, 4) is 0 Å². The highest BCUT2D eigenvalue weighted by Gasteiger charge is 2.19. The summed E-state index contributed by atoms with van der Waals surface area (Å²) in [6.45, 7) is 1.86. The van der Waals surface area contributed by atoms with E-state index in [1.807, 2.05) is 6.92 Å². The average molecular weight is 315 g/mol. The number of benzene rings is 1. The molecule has 4 N–H and O–H groups in total. The summed E-state index contributed by atoms with van der Waals surface area (Å²) in [6.07, 6.45) is 1.08. The summed E-state index contributed by atoms with van der Waals surface area (Å²) in [7, 11) is 0. The van der Waals surface area contributed by atoms with E-state index in [1.165, 1.54) is 6.07 Å². The van der Waals surface area contributed by atoms with Crippen LogP contribution in [0, 0.1) is 0 Å². The molecule has 0 bridgehead atoms. The highest BCUT2D eigenvalue weighted by atomic mass is 79.9. The van der Waals surface area contributed by atoms with Crippen LogP contribution in [0.25, 0.3) is 0 Å².